The van der Waals surface area contributed by atoms with Gasteiger partial charge in [-0.25, -0.2) is 0 Å². The lowest BCUT2D eigenvalue weighted by Crippen LogP contribution is -2.38. The van der Waals surface area contributed by atoms with Crippen LogP contribution in [0.1, 0.15) is 39.5 Å². The van der Waals surface area contributed by atoms with E-state index < -0.39 is 0 Å². The Morgan fingerprint density at radius 2 is 2.19 bits per heavy atom. The van der Waals surface area contributed by atoms with Gasteiger partial charge in [0.2, 0.25) is 5.91 Å². The average molecular weight is 242 g/mol. The van der Waals surface area contributed by atoms with Gasteiger partial charge in [0.25, 0.3) is 0 Å². The highest BCUT2D eigenvalue weighted by Crippen LogP contribution is 2.43. The van der Waals surface area contributed by atoms with E-state index in [1.807, 2.05) is 7.05 Å². The Kier molecular flexibility index (Phi) is 4.30. The molecule has 1 amide bonds. The molecule has 4 heteroatoms. The first-order valence-corrected chi connectivity index (χ1v) is 6.28. The maximum atomic E-state index is 12.2. The van der Waals surface area contributed by atoms with E-state index in [0.717, 1.165) is 19.3 Å². The average Bonchev–Trinajstić information content (AvgIpc) is 2.53. The highest BCUT2D eigenvalue weighted by Gasteiger charge is 2.40. The lowest BCUT2D eigenvalue weighted by molar-refractivity contribution is -0.136. The van der Waals surface area contributed by atoms with E-state index in [-0.39, 0.29) is 17.2 Å². The predicted molar refractivity (Wildman–Crippen MR) is 70.2 cm³/mol. The minimum Gasteiger partial charge on any atom is -0.393 e. The predicted octanol–water partition coefficient (Wildman–Crippen LogP) is 1.95. The molecule has 0 radical (unpaired) electrons. The van der Waals surface area contributed by atoms with Crippen LogP contribution in [-0.4, -0.2) is 29.4 Å². The lowest BCUT2D eigenvalue weighted by Gasteiger charge is -2.30. The van der Waals surface area contributed by atoms with E-state index in [9.17, 15) is 4.79 Å². The first-order chi connectivity index (χ1) is 7.34. The molecule has 0 aromatic rings. The van der Waals surface area contributed by atoms with Gasteiger partial charge in [0, 0.05) is 25.9 Å². The van der Waals surface area contributed by atoms with Crippen molar-refractivity contribution in [3.63, 3.8) is 0 Å². The summed E-state index contributed by atoms with van der Waals surface area (Å²) in [6, 6.07) is 0. The molecule has 0 aromatic carbocycles. The van der Waals surface area contributed by atoms with Crippen molar-refractivity contribution in [1.82, 2.24) is 4.90 Å². The molecular weight excluding hydrogens is 220 g/mol. The molecule has 0 aromatic heterocycles. The van der Waals surface area contributed by atoms with Gasteiger partial charge in [-0.1, -0.05) is 32.5 Å². The Balaban J connectivity index is 2.53. The van der Waals surface area contributed by atoms with Crippen LogP contribution < -0.4 is 5.73 Å². The molecule has 1 fully saturated rings. The molecule has 0 spiro atoms. The summed E-state index contributed by atoms with van der Waals surface area (Å²) < 4.78 is 0. The number of nitrogens with two attached hydrogens (primary N) is 1. The van der Waals surface area contributed by atoms with Crippen molar-refractivity contribution in [1.29, 1.82) is 0 Å². The van der Waals surface area contributed by atoms with Crippen molar-refractivity contribution in [2.24, 2.45) is 17.1 Å². The Morgan fingerprint density at radius 3 is 2.62 bits per heavy atom. The largest absolute Gasteiger partial charge is 0.393 e. The van der Waals surface area contributed by atoms with Crippen LogP contribution in [0, 0.1) is 11.3 Å². The molecule has 1 unspecified atom stereocenters. The standard InChI is InChI=1S/C12H22N2OS/c1-12(2)7-4-5-9(12)11(15)14(3)8-6-10(13)16/h9H,4-8H2,1-3H3,(H2,13,16). The zero-order valence-electron chi connectivity index (χ0n) is 10.5. The molecule has 2 N–H and O–H groups in total. The van der Waals surface area contributed by atoms with E-state index in [4.69, 9.17) is 18.0 Å². The summed E-state index contributed by atoms with van der Waals surface area (Å²) >= 11 is 4.82. The van der Waals surface area contributed by atoms with E-state index >= 15 is 0 Å². The molecule has 3 nitrogen and oxygen atoms in total. The molecule has 1 atom stereocenters. The highest BCUT2D eigenvalue weighted by atomic mass is 32.1. The van der Waals surface area contributed by atoms with E-state index in [1.54, 1.807) is 4.90 Å². The summed E-state index contributed by atoms with van der Waals surface area (Å²) in [5.74, 6) is 0.419. The summed E-state index contributed by atoms with van der Waals surface area (Å²) in [6.45, 7) is 5.01. The SMILES string of the molecule is CN(CCC(N)=S)C(=O)C1CCCC1(C)C. The minimum atomic E-state index is 0.147. The Morgan fingerprint density at radius 1 is 1.56 bits per heavy atom. The van der Waals surface area contributed by atoms with Crippen LogP contribution >= 0.6 is 12.2 Å². The molecule has 1 saturated carbocycles. The number of carbonyl (C=O) groups excluding carboxylic acids is 1. The second kappa shape index (κ2) is 5.13. The molecule has 0 heterocycles. The van der Waals surface area contributed by atoms with Crippen LogP contribution in [0.2, 0.25) is 0 Å². The summed E-state index contributed by atoms with van der Waals surface area (Å²) in [7, 11) is 1.84. The summed E-state index contributed by atoms with van der Waals surface area (Å²) in [5, 5.41) is 0. The molecule has 1 aliphatic carbocycles. The summed E-state index contributed by atoms with van der Waals surface area (Å²) in [5.41, 5.74) is 5.59. The molecule has 1 rings (SSSR count). The quantitative estimate of drug-likeness (QED) is 0.766. The van der Waals surface area contributed by atoms with Gasteiger partial charge < -0.3 is 10.6 Å². The number of carbonyl (C=O) groups is 1. The van der Waals surface area contributed by atoms with E-state index in [0.29, 0.717) is 18.0 Å². The van der Waals surface area contributed by atoms with Crippen LogP contribution in [-0.2, 0) is 4.79 Å². The van der Waals surface area contributed by atoms with Crippen LogP contribution in [0.5, 0.6) is 0 Å². The number of hydrogen-bond acceptors (Lipinski definition) is 2. The van der Waals surface area contributed by atoms with Crippen molar-refractivity contribution < 1.29 is 4.79 Å². The zero-order chi connectivity index (χ0) is 12.3. The fourth-order valence-electron chi connectivity index (χ4n) is 2.44. The topological polar surface area (TPSA) is 46.3 Å². The second-order valence-corrected chi connectivity index (χ2v) is 5.93. The smallest absolute Gasteiger partial charge is 0.225 e. The first-order valence-electron chi connectivity index (χ1n) is 5.88. The fourth-order valence-corrected chi connectivity index (χ4v) is 2.53. The first kappa shape index (κ1) is 13.4. The third kappa shape index (κ3) is 3.17. The number of nitrogens with zero attached hydrogens (tertiary/aromatic N) is 1. The van der Waals surface area contributed by atoms with Crippen LogP contribution in [0.3, 0.4) is 0 Å². The van der Waals surface area contributed by atoms with E-state index in [2.05, 4.69) is 13.8 Å². The molecule has 0 aliphatic heterocycles. The maximum absolute atomic E-state index is 12.2. The van der Waals surface area contributed by atoms with Crippen LogP contribution in [0.4, 0.5) is 0 Å². The third-order valence-electron chi connectivity index (χ3n) is 3.63. The monoisotopic (exact) mass is 242 g/mol. The van der Waals surface area contributed by atoms with Crippen molar-refractivity contribution in [3.8, 4) is 0 Å². The Hall–Kier alpha value is -0.640. The van der Waals surface area contributed by atoms with Crippen LogP contribution in [0.15, 0.2) is 0 Å². The van der Waals surface area contributed by atoms with Crippen molar-refractivity contribution in [2.75, 3.05) is 13.6 Å². The van der Waals surface area contributed by atoms with Gasteiger partial charge in [-0.2, -0.15) is 0 Å². The molecule has 92 valence electrons. The molecular formula is C12H22N2OS. The van der Waals surface area contributed by atoms with Gasteiger partial charge in [-0.15, -0.1) is 0 Å². The van der Waals surface area contributed by atoms with Gasteiger partial charge in [0.1, 0.15) is 0 Å². The number of rotatable bonds is 4. The number of amides is 1. The second-order valence-electron chi connectivity index (χ2n) is 5.41. The Bertz CT molecular complexity index is 289. The zero-order valence-corrected chi connectivity index (χ0v) is 11.3. The van der Waals surface area contributed by atoms with Gasteiger partial charge in [0.15, 0.2) is 0 Å². The van der Waals surface area contributed by atoms with Gasteiger partial charge in [0.05, 0.1) is 4.99 Å². The number of hydrogen-bond donors (Lipinski definition) is 1. The molecule has 0 saturated heterocycles. The third-order valence-corrected chi connectivity index (χ3v) is 3.83. The highest BCUT2D eigenvalue weighted by molar-refractivity contribution is 7.80. The van der Waals surface area contributed by atoms with Gasteiger partial charge >= 0.3 is 0 Å². The van der Waals surface area contributed by atoms with Crippen molar-refractivity contribution in [2.45, 2.75) is 39.5 Å². The maximum Gasteiger partial charge on any atom is 0.225 e. The molecule has 16 heavy (non-hydrogen) atoms. The fraction of sp³-hybridized carbons (Fsp3) is 0.833. The van der Waals surface area contributed by atoms with E-state index in [1.165, 1.54) is 0 Å². The lowest BCUT2D eigenvalue weighted by atomic mass is 9.81. The Labute approximate surface area is 103 Å². The van der Waals surface area contributed by atoms with Gasteiger partial charge in [-0.3, -0.25) is 4.79 Å². The molecule has 0 bridgehead atoms. The van der Waals surface area contributed by atoms with Crippen LogP contribution in [0.25, 0.3) is 0 Å². The number of thiocarbonyl (C=S) groups is 1. The van der Waals surface area contributed by atoms with Crippen molar-refractivity contribution >= 4 is 23.1 Å². The summed E-state index contributed by atoms with van der Waals surface area (Å²) in [6.07, 6.45) is 3.94. The van der Waals surface area contributed by atoms with Crippen molar-refractivity contribution in [3.05, 3.63) is 0 Å². The molecule has 1 aliphatic rings. The summed E-state index contributed by atoms with van der Waals surface area (Å²) in [4.78, 5) is 14.5. The minimum absolute atomic E-state index is 0.147. The normalized spacial score (nSPS) is 23.1. The van der Waals surface area contributed by atoms with Gasteiger partial charge in [-0.05, 0) is 18.3 Å².